The second-order valence-electron chi connectivity index (χ2n) is 5.92. The summed E-state index contributed by atoms with van der Waals surface area (Å²) in [6, 6.07) is 7.75. The van der Waals surface area contributed by atoms with Crippen molar-refractivity contribution >= 4 is 5.91 Å². The van der Waals surface area contributed by atoms with Crippen LogP contribution in [0.4, 0.5) is 0 Å². The zero-order valence-electron chi connectivity index (χ0n) is 14.1. The number of carbonyl (C=O) groups is 1. The average molecular weight is 330 g/mol. The van der Waals surface area contributed by atoms with Gasteiger partial charge in [-0.15, -0.1) is 0 Å². The molecule has 0 unspecified atom stereocenters. The smallest absolute Gasteiger partial charge is 0.345 e. The van der Waals surface area contributed by atoms with E-state index >= 15 is 0 Å². The van der Waals surface area contributed by atoms with E-state index < -0.39 is 0 Å². The van der Waals surface area contributed by atoms with Crippen molar-refractivity contribution in [2.24, 2.45) is 7.05 Å². The van der Waals surface area contributed by atoms with Crippen LogP contribution in [-0.4, -0.2) is 45.4 Å². The maximum Gasteiger partial charge on any atom is 0.345 e. The first-order chi connectivity index (χ1) is 11.6. The van der Waals surface area contributed by atoms with Gasteiger partial charge in [-0.1, -0.05) is 18.2 Å². The van der Waals surface area contributed by atoms with E-state index in [4.69, 9.17) is 4.74 Å². The van der Waals surface area contributed by atoms with Crippen LogP contribution in [-0.2, 0) is 31.2 Å². The van der Waals surface area contributed by atoms with E-state index in [1.54, 1.807) is 18.7 Å². The summed E-state index contributed by atoms with van der Waals surface area (Å²) in [7, 11) is 3.29. The van der Waals surface area contributed by atoms with Crippen molar-refractivity contribution in [1.29, 1.82) is 0 Å². The van der Waals surface area contributed by atoms with Gasteiger partial charge in [-0.3, -0.25) is 9.36 Å². The lowest BCUT2D eigenvalue weighted by molar-refractivity contribution is -0.131. The molecular weight excluding hydrogens is 308 g/mol. The van der Waals surface area contributed by atoms with Crippen LogP contribution in [0.3, 0.4) is 0 Å². The first-order valence-corrected chi connectivity index (χ1v) is 8.12. The predicted molar refractivity (Wildman–Crippen MR) is 89.1 cm³/mol. The lowest BCUT2D eigenvalue weighted by atomic mass is 10.1. The maximum absolute atomic E-state index is 12.5. The molecule has 0 saturated heterocycles. The average Bonchev–Trinajstić information content (AvgIpc) is 2.77. The monoisotopic (exact) mass is 330 g/mol. The minimum Gasteiger partial charge on any atom is -0.496 e. The van der Waals surface area contributed by atoms with E-state index in [0.717, 1.165) is 17.1 Å². The summed E-state index contributed by atoms with van der Waals surface area (Å²) in [4.78, 5) is 26.3. The van der Waals surface area contributed by atoms with Crippen molar-refractivity contribution in [2.75, 3.05) is 20.2 Å². The summed E-state index contributed by atoms with van der Waals surface area (Å²) in [5.41, 5.74) is 0.915. The normalized spacial score (nSPS) is 14.2. The quantitative estimate of drug-likeness (QED) is 0.823. The molecule has 128 valence electrons. The number of para-hydroxylation sites is 1. The Bertz CT molecular complexity index is 793. The molecule has 0 atom stereocenters. The van der Waals surface area contributed by atoms with Crippen molar-refractivity contribution in [2.45, 2.75) is 25.8 Å². The third-order valence-corrected chi connectivity index (χ3v) is 4.44. The second-order valence-corrected chi connectivity index (χ2v) is 5.92. The standard InChI is InChI=1S/C17H22N4O3/c1-19-17(23)21-12-11-20(10-9-15(21)18-19)16(22)8-7-13-5-3-4-6-14(13)24-2/h3-6H,7-12H2,1-2H3. The molecule has 0 saturated carbocycles. The van der Waals surface area contributed by atoms with Crippen LogP contribution in [0, 0.1) is 0 Å². The Labute approximate surface area is 140 Å². The fraction of sp³-hybridized carbons (Fsp3) is 0.471. The molecule has 24 heavy (non-hydrogen) atoms. The number of hydrogen-bond acceptors (Lipinski definition) is 4. The first kappa shape index (κ1) is 16.3. The topological polar surface area (TPSA) is 69.4 Å². The van der Waals surface area contributed by atoms with E-state index in [1.165, 1.54) is 4.68 Å². The lowest BCUT2D eigenvalue weighted by Gasteiger charge is -2.20. The highest BCUT2D eigenvalue weighted by Gasteiger charge is 2.21. The van der Waals surface area contributed by atoms with Crippen LogP contribution in [0.1, 0.15) is 17.8 Å². The molecule has 7 nitrogen and oxygen atoms in total. The Kier molecular flexibility index (Phi) is 4.69. The molecule has 0 spiro atoms. The van der Waals surface area contributed by atoms with Crippen molar-refractivity contribution in [1.82, 2.24) is 19.2 Å². The fourth-order valence-electron chi connectivity index (χ4n) is 3.09. The third-order valence-electron chi connectivity index (χ3n) is 4.44. The van der Waals surface area contributed by atoms with Crippen molar-refractivity contribution < 1.29 is 9.53 Å². The van der Waals surface area contributed by atoms with Gasteiger partial charge in [0.2, 0.25) is 5.91 Å². The van der Waals surface area contributed by atoms with Crippen LogP contribution in [0.15, 0.2) is 29.1 Å². The van der Waals surface area contributed by atoms with Gasteiger partial charge in [0.25, 0.3) is 0 Å². The van der Waals surface area contributed by atoms with Crippen molar-refractivity contribution in [3.8, 4) is 5.75 Å². The number of nitrogens with zero attached hydrogens (tertiary/aromatic N) is 4. The van der Waals surface area contributed by atoms with E-state index in [-0.39, 0.29) is 11.6 Å². The number of hydrogen-bond donors (Lipinski definition) is 0. The second kappa shape index (κ2) is 6.90. The van der Waals surface area contributed by atoms with Gasteiger partial charge >= 0.3 is 5.69 Å². The van der Waals surface area contributed by atoms with Gasteiger partial charge in [-0.05, 0) is 18.1 Å². The van der Waals surface area contributed by atoms with Crippen molar-refractivity contribution in [3.05, 3.63) is 46.1 Å². The summed E-state index contributed by atoms with van der Waals surface area (Å²) in [6.45, 7) is 1.65. The van der Waals surface area contributed by atoms with Crippen LogP contribution in [0.5, 0.6) is 5.75 Å². The number of ether oxygens (including phenoxy) is 1. The third kappa shape index (κ3) is 3.20. The SMILES string of the molecule is COc1ccccc1CCC(=O)N1CCc2nn(C)c(=O)n2CC1. The number of aromatic nitrogens is 3. The summed E-state index contributed by atoms with van der Waals surface area (Å²) in [6.07, 6.45) is 1.68. The Balaban J connectivity index is 1.61. The Morgan fingerprint density at radius 1 is 1.25 bits per heavy atom. The molecule has 0 bridgehead atoms. The van der Waals surface area contributed by atoms with Gasteiger partial charge in [-0.2, -0.15) is 5.10 Å². The van der Waals surface area contributed by atoms with Crippen molar-refractivity contribution in [3.63, 3.8) is 0 Å². The highest BCUT2D eigenvalue weighted by molar-refractivity contribution is 5.76. The van der Waals surface area contributed by atoms with E-state index in [2.05, 4.69) is 5.10 Å². The molecule has 0 radical (unpaired) electrons. The summed E-state index contributed by atoms with van der Waals surface area (Å²) >= 11 is 0. The van der Waals surface area contributed by atoms with Gasteiger partial charge in [0.05, 0.1) is 7.11 Å². The molecule has 1 aliphatic rings. The van der Waals surface area contributed by atoms with Gasteiger partial charge in [0, 0.05) is 39.5 Å². The number of rotatable bonds is 4. The fourth-order valence-corrected chi connectivity index (χ4v) is 3.09. The van der Waals surface area contributed by atoms with Crippen LogP contribution >= 0.6 is 0 Å². The molecule has 1 aliphatic heterocycles. The Hall–Kier alpha value is -2.57. The highest BCUT2D eigenvalue weighted by atomic mass is 16.5. The molecule has 3 rings (SSSR count). The Morgan fingerprint density at radius 2 is 2.04 bits per heavy atom. The molecule has 7 heteroatoms. The lowest BCUT2D eigenvalue weighted by Crippen LogP contribution is -2.35. The van der Waals surface area contributed by atoms with Gasteiger partial charge in [0.1, 0.15) is 11.6 Å². The molecule has 1 amide bonds. The number of methoxy groups -OCH3 is 1. The zero-order chi connectivity index (χ0) is 17.1. The highest BCUT2D eigenvalue weighted by Crippen LogP contribution is 2.19. The van der Waals surface area contributed by atoms with E-state index in [1.807, 2.05) is 29.2 Å². The van der Waals surface area contributed by atoms with Crippen LogP contribution in [0.25, 0.3) is 0 Å². The summed E-state index contributed by atoms with van der Waals surface area (Å²) < 4.78 is 8.34. The minimum absolute atomic E-state index is 0.100. The summed E-state index contributed by atoms with van der Waals surface area (Å²) in [5.74, 6) is 1.66. The maximum atomic E-state index is 12.5. The number of aryl methyl sites for hydroxylation is 2. The largest absolute Gasteiger partial charge is 0.496 e. The predicted octanol–water partition coefficient (Wildman–Crippen LogP) is 0.608. The van der Waals surface area contributed by atoms with Gasteiger partial charge in [-0.25, -0.2) is 9.48 Å². The number of amides is 1. The van der Waals surface area contributed by atoms with E-state index in [0.29, 0.717) is 38.9 Å². The number of benzene rings is 1. The molecule has 1 aromatic heterocycles. The number of fused-ring (bicyclic) bond motifs is 1. The Morgan fingerprint density at radius 3 is 2.83 bits per heavy atom. The molecule has 0 aliphatic carbocycles. The molecular formula is C17H22N4O3. The minimum atomic E-state index is -0.117. The molecule has 2 heterocycles. The molecule has 0 fully saturated rings. The molecule has 0 N–H and O–H groups in total. The zero-order valence-corrected chi connectivity index (χ0v) is 14.1. The summed E-state index contributed by atoms with van der Waals surface area (Å²) in [5, 5.41) is 4.23. The number of carbonyl (C=O) groups excluding carboxylic acids is 1. The van der Waals surface area contributed by atoms with E-state index in [9.17, 15) is 9.59 Å². The molecule has 1 aromatic carbocycles. The van der Waals surface area contributed by atoms with Gasteiger partial charge < -0.3 is 9.64 Å². The van der Waals surface area contributed by atoms with Gasteiger partial charge in [0.15, 0.2) is 0 Å². The van der Waals surface area contributed by atoms with Crippen LogP contribution < -0.4 is 10.4 Å². The molecule has 2 aromatic rings. The first-order valence-electron chi connectivity index (χ1n) is 8.12. The van der Waals surface area contributed by atoms with Crippen LogP contribution in [0.2, 0.25) is 0 Å².